The normalized spacial score (nSPS) is 20.0. The van der Waals surface area contributed by atoms with E-state index in [-0.39, 0.29) is 12.4 Å². The van der Waals surface area contributed by atoms with Crippen molar-refractivity contribution in [2.75, 3.05) is 24.6 Å². The van der Waals surface area contributed by atoms with Gasteiger partial charge in [-0.1, -0.05) is 0 Å². The Morgan fingerprint density at radius 3 is 2.63 bits per heavy atom. The summed E-state index contributed by atoms with van der Waals surface area (Å²) in [5.74, 6) is -0.0860. The monoisotopic (exact) mass is 275 g/mol. The van der Waals surface area contributed by atoms with Crippen molar-refractivity contribution >= 4 is 5.69 Å². The van der Waals surface area contributed by atoms with Crippen LogP contribution in [-0.2, 0) is 6.18 Å². The van der Waals surface area contributed by atoms with Crippen molar-refractivity contribution < 1.29 is 23.4 Å². The topological polar surface area (TPSA) is 43.7 Å². The highest BCUT2D eigenvalue weighted by molar-refractivity contribution is 5.54. The minimum atomic E-state index is -4.46. The summed E-state index contributed by atoms with van der Waals surface area (Å²) in [4.78, 5) is 1.81. The molecule has 0 aliphatic carbocycles. The van der Waals surface area contributed by atoms with E-state index in [1.54, 1.807) is 0 Å². The van der Waals surface area contributed by atoms with Crippen LogP contribution in [0.15, 0.2) is 18.2 Å². The average molecular weight is 275 g/mol. The lowest BCUT2D eigenvalue weighted by Gasteiger charge is -2.20. The summed E-state index contributed by atoms with van der Waals surface area (Å²) in [6.07, 6.45) is -2.96. The fourth-order valence-electron chi connectivity index (χ4n) is 2.43. The van der Waals surface area contributed by atoms with Gasteiger partial charge in [0.05, 0.1) is 5.56 Å². The van der Waals surface area contributed by atoms with Crippen LogP contribution in [0.4, 0.5) is 18.9 Å². The van der Waals surface area contributed by atoms with Crippen molar-refractivity contribution in [2.45, 2.75) is 19.0 Å². The summed E-state index contributed by atoms with van der Waals surface area (Å²) < 4.78 is 38.0. The maximum absolute atomic E-state index is 12.7. The molecule has 1 unspecified atom stereocenters. The van der Waals surface area contributed by atoms with E-state index in [1.165, 1.54) is 6.07 Å². The summed E-state index contributed by atoms with van der Waals surface area (Å²) in [5, 5.41) is 18.3. The molecule has 19 heavy (non-hydrogen) atoms. The van der Waals surface area contributed by atoms with Gasteiger partial charge in [-0.2, -0.15) is 13.2 Å². The zero-order valence-corrected chi connectivity index (χ0v) is 10.3. The molecule has 1 saturated heterocycles. The number of hydrogen-bond donors (Lipinski definition) is 2. The first kappa shape index (κ1) is 14.0. The van der Waals surface area contributed by atoms with E-state index in [0.29, 0.717) is 31.1 Å². The Kier molecular flexibility index (Phi) is 3.89. The van der Waals surface area contributed by atoms with Crippen molar-refractivity contribution in [1.82, 2.24) is 0 Å². The first-order valence-corrected chi connectivity index (χ1v) is 6.17. The Balaban J connectivity index is 2.19. The van der Waals surface area contributed by atoms with E-state index in [9.17, 15) is 18.3 Å². The summed E-state index contributed by atoms with van der Waals surface area (Å²) in [6.45, 7) is 1.35. The van der Waals surface area contributed by atoms with Crippen LogP contribution in [0, 0.1) is 5.92 Å². The van der Waals surface area contributed by atoms with Crippen molar-refractivity contribution in [2.24, 2.45) is 5.92 Å². The number of phenolic OH excluding ortho intramolecular Hbond substituents is 1. The molecule has 2 rings (SSSR count). The van der Waals surface area contributed by atoms with Gasteiger partial charge in [0.1, 0.15) is 5.75 Å². The van der Waals surface area contributed by atoms with Gasteiger partial charge in [-0.05, 0) is 30.9 Å². The maximum atomic E-state index is 12.7. The van der Waals surface area contributed by atoms with Crippen LogP contribution in [0.5, 0.6) is 5.75 Å². The standard InChI is InChI=1S/C13H16F3NO2/c14-13(15,16)10-5-11(7-12(19)6-10)17-3-1-9(8-17)2-4-18/h5-7,9,18-19H,1-4,8H2. The Morgan fingerprint density at radius 1 is 1.26 bits per heavy atom. The van der Waals surface area contributed by atoms with Crippen LogP contribution in [0.25, 0.3) is 0 Å². The summed E-state index contributed by atoms with van der Waals surface area (Å²) >= 11 is 0. The molecule has 3 nitrogen and oxygen atoms in total. The van der Waals surface area contributed by atoms with Crippen molar-refractivity contribution in [3.63, 3.8) is 0 Å². The highest BCUT2D eigenvalue weighted by Crippen LogP contribution is 2.36. The molecule has 2 N–H and O–H groups in total. The molecular weight excluding hydrogens is 259 g/mol. The van der Waals surface area contributed by atoms with Gasteiger partial charge in [-0.25, -0.2) is 0 Å². The zero-order valence-electron chi connectivity index (χ0n) is 10.3. The largest absolute Gasteiger partial charge is 0.508 e. The second kappa shape index (κ2) is 5.28. The summed E-state index contributed by atoms with van der Waals surface area (Å²) in [5.41, 5.74) is -0.458. The minimum Gasteiger partial charge on any atom is -0.508 e. The van der Waals surface area contributed by atoms with E-state index in [0.717, 1.165) is 18.6 Å². The Labute approximate surface area is 109 Å². The quantitative estimate of drug-likeness (QED) is 0.891. The third-order valence-electron chi connectivity index (χ3n) is 3.42. The average Bonchev–Trinajstić information content (AvgIpc) is 2.76. The lowest BCUT2D eigenvalue weighted by molar-refractivity contribution is -0.137. The molecule has 1 aliphatic rings. The maximum Gasteiger partial charge on any atom is 0.416 e. The van der Waals surface area contributed by atoms with Crippen molar-refractivity contribution in [1.29, 1.82) is 0 Å². The molecule has 1 aromatic rings. The fraction of sp³-hybridized carbons (Fsp3) is 0.538. The number of nitrogens with zero attached hydrogens (tertiary/aromatic N) is 1. The Bertz CT molecular complexity index is 448. The van der Waals surface area contributed by atoms with Crippen LogP contribution >= 0.6 is 0 Å². The highest BCUT2D eigenvalue weighted by Gasteiger charge is 2.32. The lowest BCUT2D eigenvalue weighted by atomic mass is 10.1. The van der Waals surface area contributed by atoms with Gasteiger partial charge in [0.2, 0.25) is 0 Å². The van der Waals surface area contributed by atoms with Crippen molar-refractivity contribution in [3.05, 3.63) is 23.8 Å². The molecule has 0 amide bonds. The molecule has 0 radical (unpaired) electrons. The smallest absolute Gasteiger partial charge is 0.416 e. The molecule has 1 heterocycles. The molecule has 0 saturated carbocycles. The van der Waals surface area contributed by atoms with E-state index in [2.05, 4.69) is 0 Å². The number of hydrogen-bond acceptors (Lipinski definition) is 3. The first-order chi connectivity index (χ1) is 8.90. The van der Waals surface area contributed by atoms with Gasteiger partial charge in [0.25, 0.3) is 0 Å². The lowest BCUT2D eigenvalue weighted by Crippen LogP contribution is -2.20. The SMILES string of the molecule is OCCC1CCN(c2cc(O)cc(C(F)(F)F)c2)C1. The van der Waals surface area contributed by atoms with Crippen LogP contribution in [0.1, 0.15) is 18.4 Å². The number of rotatable bonds is 3. The van der Waals surface area contributed by atoms with Crippen LogP contribution < -0.4 is 4.90 Å². The molecule has 0 bridgehead atoms. The molecule has 1 fully saturated rings. The molecule has 0 spiro atoms. The predicted molar refractivity (Wildman–Crippen MR) is 65.1 cm³/mol. The first-order valence-electron chi connectivity index (χ1n) is 6.17. The number of aliphatic hydroxyl groups excluding tert-OH is 1. The van der Waals surface area contributed by atoms with Gasteiger partial charge >= 0.3 is 6.18 Å². The fourth-order valence-corrected chi connectivity index (χ4v) is 2.43. The molecule has 6 heteroatoms. The number of halogens is 3. The number of aromatic hydroxyl groups is 1. The van der Waals surface area contributed by atoms with E-state index < -0.39 is 11.7 Å². The molecule has 1 aliphatic heterocycles. The Morgan fingerprint density at radius 2 is 2.00 bits per heavy atom. The van der Waals surface area contributed by atoms with Crippen molar-refractivity contribution in [3.8, 4) is 5.75 Å². The molecular formula is C13H16F3NO2. The summed E-state index contributed by atoms with van der Waals surface area (Å²) in [6, 6.07) is 3.13. The number of phenols is 1. The molecule has 0 aromatic heterocycles. The third kappa shape index (κ3) is 3.32. The van der Waals surface area contributed by atoms with Gasteiger partial charge in [0.15, 0.2) is 0 Å². The second-order valence-electron chi connectivity index (χ2n) is 4.85. The van der Waals surface area contributed by atoms with E-state index in [4.69, 9.17) is 5.11 Å². The third-order valence-corrected chi connectivity index (χ3v) is 3.42. The molecule has 106 valence electrons. The zero-order chi connectivity index (χ0) is 14.0. The predicted octanol–water partition coefficient (Wildman–Crippen LogP) is 2.62. The number of aliphatic hydroxyl groups is 1. The number of alkyl halides is 3. The van der Waals surface area contributed by atoms with E-state index >= 15 is 0 Å². The van der Waals surface area contributed by atoms with Gasteiger partial charge in [0, 0.05) is 31.5 Å². The van der Waals surface area contributed by atoms with Gasteiger partial charge in [-0.15, -0.1) is 0 Å². The van der Waals surface area contributed by atoms with Gasteiger partial charge in [-0.3, -0.25) is 0 Å². The van der Waals surface area contributed by atoms with Gasteiger partial charge < -0.3 is 15.1 Å². The number of benzene rings is 1. The van der Waals surface area contributed by atoms with Crippen LogP contribution in [-0.4, -0.2) is 29.9 Å². The molecule has 1 aromatic carbocycles. The Hall–Kier alpha value is -1.43. The van der Waals surface area contributed by atoms with E-state index in [1.807, 2.05) is 4.90 Å². The highest BCUT2D eigenvalue weighted by atomic mass is 19.4. The minimum absolute atomic E-state index is 0.0896. The molecule has 1 atom stereocenters. The second-order valence-corrected chi connectivity index (χ2v) is 4.85. The summed E-state index contributed by atoms with van der Waals surface area (Å²) in [7, 11) is 0. The van der Waals surface area contributed by atoms with Crippen LogP contribution in [0.3, 0.4) is 0 Å². The van der Waals surface area contributed by atoms with Crippen LogP contribution in [0.2, 0.25) is 0 Å². The number of anilines is 1.